The summed E-state index contributed by atoms with van der Waals surface area (Å²) >= 11 is 0. The molecule has 0 aliphatic carbocycles. The summed E-state index contributed by atoms with van der Waals surface area (Å²) in [6.07, 6.45) is 0.517. The number of amides is 1. The van der Waals surface area contributed by atoms with Crippen LogP contribution in [0.5, 0.6) is 5.75 Å². The van der Waals surface area contributed by atoms with Gasteiger partial charge in [0.25, 0.3) is 5.91 Å². The molecule has 17 heavy (non-hydrogen) atoms. The first-order valence-electron chi connectivity index (χ1n) is 5.33. The van der Waals surface area contributed by atoms with Crippen molar-refractivity contribution in [3.8, 4) is 5.75 Å². The van der Waals surface area contributed by atoms with E-state index in [1.807, 2.05) is 24.3 Å². The van der Waals surface area contributed by atoms with Crippen LogP contribution in [0.25, 0.3) is 0 Å². The Balaban J connectivity index is 2.17. The van der Waals surface area contributed by atoms with Gasteiger partial charge < -0.3 is 10.5 Å². The van der Waals surface area contributed by atoms with Gasteiger partial charge in [-0.3, -0.25) is 10.1 Å². The molecule has 0 spiro atoms. The van der Waals surface area contributed by atoms with E-state index in [1.165, 1.54) is 0 Å². The summed E-state index contributed by atoms with van der Waals surface area (Å²) in [5.74, 6) is 0.814. The number of hydrogen-bond acceptors (Lipinski definition) is 4. The third-order valence-corrected chi connectivity index (χ3v) is 2.81. The Labute approximate surface area is 99.7 Å². The highest BCUT2D eigenvalue weighted by molar-refractivity contribution is 6.06. The molecule has 2 rings (SSSR count). The summed E-state index contributed by atoms with van der Waals surface area (Å²) in [5.41, 5.74) is 5.71. The first-order valence-corrected chi connectivity index (χ1v) is 5.33. The van der Waals surface area contributed by atoms with Gasteiger partial charge >= 0.3 is 0 Å². The molecule has 1 aromatic carbocycles. The summed E-state index contributed by atoms with van der Waals surface area (Å²) < 4.78 is 5.08. The lowest BCUT2D eigenvalue weighted by Gasteiger charge is -2.17. The maximum absolute atomic E-state index is 11.7. The minimum Gasteiger partial charge on any atom is -0.497 e. The van der Waals surface area contributed by atoms with Crippen molar-refractivity contribution < 1.29 is 9.53 Å². The molecule has 0 saturated carbocycles. The number of rotatable bonds is 3. The molecule has 1 unspecified atom stereocenters. The van der Waals surface area contributed by atoms with Crippen LogP contribution in [0.2, 0.25) is 0 Å². The second-order valence-electron chi connectivity index (χ2n) is 4.25. The number of carbonyl (C=O) groups is 1. The lowest BCUT2D eigenvalue weighted by molar-refractivity contribution is -0.123. The van der Waals surface area contributed by atoms with Gasteiger partial charge in [-0.1, -0.05) is 12.1 Å². The topological polar surface area (TPSA) is 76.7 Å². The SMILES string of the molecule is COc1ccc(CC2(C)N=C(N)NC2=O)cc1. The summed E-state index contributed by atoms with van der Waals surface area (Å²) in [6, 6.07) is 7.56. The summed E-state index contributed by atoms with van der Waals surface area (Å²) in [5, 5.41) is 2.51. The smallest absolute Gasteiger partial charge is 0.254 e. The molecule has 0 bridgehead atoms. The molecule has 1 aromatic rings. The fourth-order valence-corrected chi connectivity index (χ4v) is 1.86. The van der Waals surface area contributed by atoms with Crippen LogP contribution < -0.4 is 15.8 Å². The molecular formula is C12H15N3O2. The zero-order chi connectivity index (χ0) is 12.5. The van der Waals surface area contributed by atoms with Crippen molar-refractivity contribution in [2.24, 2.45) is 10.7 Å². The molecule has 3 N–H and O–H groups in total. The van der Waals surface area contributed by atoms with E-state index in [2.05, 4.69) is 10.3 Å². The highest BCUT2D eigenvalue weighted by Gasteiger charge is 2.38. The summed E-state index contributed by atoms with van der Waals surface area (Å²) in [7, 11) is 1.62. The standard InChI is InChI=1S/C12H15N3O2/c1-12(10(16)14-11(13)15-12)7-8-3-5-9(17-2)6-4-8/h3-6H,7H2,1-2H3,(H3,13,14,15,16). The predicted molar refractivity (Wildman–Crippen MR) is 64.9 cm³/mol. The van der Waals surface area contributed by atoms with E-state index in [0.717, 1.165) is 11.3 Å². The number of nitrogens with zero attached hydrogens (tertiary/aromatic N) is 1. The fourth-order valence-electron chi connectivity index (χ4n) is 1.86. The van der Waals surface area contributed by atoms with Crippen molar-refractivity contribution in [2.75, 3.05) is 7.11 Å². The number of hydrogen-bond donors (Lipinski definition) is 2. The quantitative estimate of drug-likeness (QED) is 0.795. The normalized spacial score (nSPS) is 23.2. The zero-order valence-corrected chi connectivity index (χ0v) is 9.86. The Hall–Kier alpha value is -2.04. The van der Waals surface area contributed by atoms with Crippen molar-refractivity contribution in [1.29, 1.82) is 0 Å². The minimum absolute atomic E-state index is 0.161. The third kappa shape index (κ3) is 2.22. The molecule has 1 atom stereocenters. The van der Waals surface area contributed by atoms with Crippen LogP contribution in [0.15, 0.2) is 29.3 Å². The first-order chi connectivity index (χ1) is 8.03. The second-order valence-corrected chi connectivity index (χ2v) is 4.25. The Bertz CT molecular complexity index is 467. The van der Waals surface area contributed by atoms with E-state index >= 15 is 0 Å². The van der Waals surface area contributed by atoms with Crippen LogP contribution in [0.1, 0.15) is 12.5 Å². The van der Waals surface area contributed by atoms with Gasteiger partial charge in [0.15, 0.2) is 5.96 Å². The van der Waals surface area contributed by atoms with Crippen LogP contribution in [0.4, 0.5) is 0 Å². The van der Waals surface area contributed by atoms with E-state index in [0.29, 0.717) is 6.42 Å². The number of aliphatic imine (C=N–C) groups is 1. The summed E-state index contributed by atoms with van der Waals surface area (Å²) in [4.78, 5) is 15.8. The Morgan fingerprint density at radius 3 is 2.53 bits per heavy atom. The van der Waals surface area contributed by atoms with E-state index in [9.17, 15) is 4.79 Å². The lowest BCUT2D eigenvalue weighted by Crippen LogP contribution is -2.40. The van der Waals surface area contributed by atoms with Gasteiger partial charge in [-0.25, -0.2) is 4.99 Å². The Morgan fingerprint density at radius 1 is 1.41 bits per heavy atom. The maximum atomic E-state index is 11.7. The second kappa shape index (κ2) is 4.08. The van der Waals surface area contributed by atoms with Gasteiger partial charge in [-0.05, 0) is 24.6 Å². The molecule has 5 heteroatoms. The van der Waals surface area contributed by atoms with Crippen molar-refractivity contribution in [3.05, 3.63) is 29.8 Å². The zero-order valence-electron chi connectivity index (χ0n) is 9.86. The molecular weight excluding hydrogens is 218 g/mol. The van der Waals surface area contributed by atoms with E-state index in [-0.39, 0.29) is 11.9 Å². The van der Waals surface area contributed by atoms with Gasteiger partial charge in [0.1, 0.15) is 11.3 Å². The number of ether oxygens (including phenoxy) is 1. The predicted octanol–water partition coefficient (Wildman–Crippen LogP) is 0.441. The van der Waals surface area contributed by atoms with Gasteiger partial charge in [0.05, 0.1) is 7.11 Å². The number of nitrogens with one attached hydrogen (secondary N) is 1. The molecule has 1 amide bonds. The minimum atomic E-state index is -0.807. The molecule has 0 radical (unpaired) electrons. The average Bonchev–Trinajstić information content (AvgIpc) is 2.53. The van der Waals surface area contributed by atoms with Crippen molar-refractivity contribution in [3.63, 3.8) is 0 Å². The van der Waals surface area contributed by atoms with Crippen LogP contribution in [-0.2, 0) is 11.2 Å². The number of carbonyl (C=O) groups excluding carboxylic acids is 1. The highest BCUT2D eigenvalue weighted by atomic mass is 16.5. The van der Waals surface area contributed by atoms with Crippen LogP contribution in [-0.4, -0.2) is 24.5 Å². The average molecular weight is 233 g/mol. The molecule has 0 aromatic heterocycles. The van der Waals surface area contributed by atoms with Crippen molar-refractivity contribution in [2.45, 2.75) is 18.9 Å². The number of methoxy groups -OCH3 is 1. The van der Waals surface area contributed by atoms with Gasteiger partial charge in [-0.2, -0.15) is 0 Å². The van der Waals surface area contributed by atoms with Crippen molar-refractivity contribution >= 4 is 11.9 Å². The third-order valence-electron chi connectivity index (χ3n) is 2.81. The van der Waals surface area contributed by atoms with E-state index < -0.39 is 5.54 Å². The van der Waals surface area contributed by atoms with Gasteiger partial charge in [0, 0.05) is 6.42 Å². The Kier molecular flexibility index (Phi) is 2.75. The molecule has 1 aliphatic rings. The fraction of sp³-hybridized carbons (Fsp3) is 0.333. The van der Waals surface area contributed by atoms with Crippen molar-refractivity contribution in [1.82, 2.24) is 5.32 Å². The van der Waals surface area contributed by atoms with Gasteiger partial charge in [0.2, 0.25) is 0 Å². The highest BCUT2D eigenvalue weighted by Crippen LogP contribution is 2.22. The number of benzene rings is 1. The van der Waals surface area contributed by atoms with E-state index in [1.54, 1.807) is 14.0 Å². The number of nitrogens with two attached hydrogens (primary N) is 1. The molecule has 0 fully saturated rings. The molecule has 5 nitrogen and oxygen atoms in total. The molecule has 1 heterocycles. The lowest BCUT2D eigenvalue weighted by atomic mass is 9.93. The molecule has 1 aliphatic heterocycles. The molecule has 90 valence electrons. The largest absolute Gasteiger partial charge is 0.497 e. The summed E-state index contributed by atoms with van der Waals surface area (Å²) in [6.45, 7) is 1.77. The van der Waals surface area contributed by atoms with Crippen LogP contribution >= 0.6 is 0 Å². The molecule has 0 saturated heterocycles. The first kappa shape index (κ1) is 11.4. The van der Waals surface area contributed by atoms with Gasteiger partial charge in [-0.15, -0.1) is 0 Å². The van der Waals surface area contributed by atoms with Crippen LogP contribution in [0.3, 0.4) is 0 Å². The maximum Gasteiger partial charge on any atom is 0.254 e. The van der Waals surface area contributed by atoms with Crippen LogP contribution in [0, 0.1) is 0 Å². The number of guanidine groups is 1. The monoisotopic (exact) mass is 233 g/mol. The Morgan fingerprint density at radius 2 is 2.06 bits per heavy atom. The van der Waals surface area contributed by atoms with E-state index in [4.69, 9.17) is 10.5 Å².